The summed E-state index contributed by atoms with van der Waals surface area (Å²) in [4.78, 5) is 6.59. The van der Waals surface area contributed by atoms with Gasteiger partial charge < -0.3 is 15.0 Å². The molecule has 0 aromatic carbocycles. The number of anilines is 1. The highest BCUT2D eigenvalue weighted by molar-refractivity contribution is 5.61. The molecule has 5 heteroatoms. The van der Waals surface area contributed by atoms with Gasteiger partial charge in [-0.25, -0.2) is 0 Å². The van der Waals surface area contributed by atoms with Crippen molar-refractivity contribution in [2.24, 2.45) is 0 Å². The number of ether oxygens (including phenoxy) is 1. The van der Waals surface area contributed by atoms with Crippen molar-refractivity contribution < 1.29 is 4.74 Å². The number of nitriles is 1. The minimum Gasteiger partial charge on any atom is -0.373 e. The van der Waals surface area contributed by atoms with E-state index in [0.717, 1.165) is 36.7 Å². The third kappa shape index (κ3) is 3.03. The predicted molar refractivity (Wildman–Crippen MR) is 74.3 cm³/mol. The number of hydrogen-bond donors (Lipinski definition) is 1. The molecule has 1 unspecified atom stereocenters. The standard InChI is InChI=1S/C14H20N4O/c1-10-6-14(13(7-15)11(2)17-10)18-4-5-19-12(9-18)8-16-3/h6,12,16H,4-5,8-9H2,1-3H3. The molecule has 2 rings (SSSR count). The Labute approximate surface area is 114 Å². The third-order valence-electron chi connectivity index (χ3n) is 3.33. The number of hydrogen-bond acceptors (Lipinski definition) is 5. The average molecular weight is 260 g/mol. The lowest BCUT2D eigenvalue weighted by Gasteiger charge is -2.35. The van der Waals surface area contributed by atoms with Gasteiger partial charge in [0.05, 0.1) is 29.7 Å². The molecule has 1 atom stereocenters. The minimum absolute atomic E-state index is 0.166. The number of rotatable bonds is 3. The molecule has 0 amide bonds. The van der Waals surface area contributed by atoms with Gasteiger partial charge in [-0.2, -0.15) is 5.26 Å². The molecular weight excluding hydrogens is 240 g/mol. The zero-order valence-electron chi connectivity index (χ0n) is 11.7. The second kappa shape index (κ2) is 6.00. The van der Waals surface area contributed by atoms with Crippen LogP contribution in [0.2, 0.25) is 0 Å². The van der Waals surface area contributed by atoms with Crippen LogP contribution in [-0.2, 0) is 4.74 Å². The first-order chi connectivity index (χ1) is 9.15. The van der Waals surface area contributed by atoms with E-state index in [2.05, 4.69) is 21.3 Å². The topological polar surface area (TPSA) is 61.2 Å². The second-order valence-electron chi connectivity index (χ2n) is 4.85. The Balaban J connectivity index is 2.28. The lowest BCUT2D eigenvalue weighted by Crippen LogP contribution is -2.46. The van der Waals surface area contributed by atoms with Crippen LogP contribution < -0.4 is 10.2 Å². The Morgan fingerprint density at radius 3 is 3.05 bits per heavy atom. The van der Waals surface area contributed by atoms with Crippen LogP contribution in [0.5, 0.6) is 0 Å². The van der Waals surface area contributed by atoms with Crippen molar-refractivity contribution in [1.29, 1.82) is 5.26 Å². The van der Waals surface area contributed by atoms with E-state index in [1.54, 1.807) is 0 Å². The molecule has 19 heavy (non-hydrogen) atoms. The van der Waals surface area contributed by atoms with Crippen molar-refractivity contribution in [2.45, 2.75) is 20.0 Å². The van der Waals surface area contributed by atoms with Gasteiger partial charge in [-0.05, 0) is 27.0 Å². The molecular formula is C14H20N4O. The maximum atomic E-state index is 9.33. The van der Waals surface area contributed by atoms with Crippen LogP contribution in [0.15, 0.2) is 6.07 Å². The van der Waals surface area contributed by atoms with Crippen LogP contribution >= 0.6 is 0 Å². The zero-order valence-corrected chi connectivity index (χ0v) is 11.7. The van der Waals surface area contributed by atoms with Gasteiger partial charge in [-0.3, -0.25) is 4.98 Å². The van der Waals surface area contributed by atoms with E-state index in [0.29, 0.717) is 12.2 Å². The van der Waals surface area contributed by atoms with Gasteiger partial charge in [0.1, 0.15) is 6.07 Å². The monoisotopic (exact) mass is 260 g/mol. The van der Waals surface area contributed by atoms with Gasteiger partial charge in [0.2, 0.25) is 0 Å². The molecule has 0 saturated carbocycles. The Kier molecular flexibility index (Phi) is 4.35. The van der Waals surface area contributed by atoms with Gasteiger partial charge in [-0.15, -0.1) is 0 Å². The number of nitrogens with zero attached hydrogens (tertiary/aromatic N) is 3. The Bertz CT molecular complexity index is 493. The molecule has 5 nitrogen and oxygen atoms in total. The smallest absolute Gasteiger partial charge is 0.103 e. The first-order valence-corrected chi connectivity index (χ1v) is 6.55. The summed E-state index contributed by atoms with van der Waals surface area (Å²) in [7, 11) is 1.92. The van der Waals surface area contributed by atoms with Crippen LogP contribution in [-0.4, -0.2) is 44.4 Å². The summed E-state index contributed by atoms with van der Waals surface area (Å²) < 4.78 is 5.70. The van der Waals surface area contributed by atoms with Crippen molar-refractivity contribution in [2.75, 3.05) is 38.2 Å². The van der Waals surface area contributed by atoms with Gasteiger partial charge in [-0.1, -0.05) is 0 Å². The van der Waals surface area contributed by atoms with E-state index >= 15 is 0 Å². The van der Waals surface area contributed by atoms with Crippen molar-refractivity contribution >= 4 is 5.69 Å². The summed E-state index contributed by atoms with van der Waals surface area (Å²) in [5, 5.41) is 12.5. The Morgan fingerprint density at radius 1 is 1.58 bits per heavy atom. The third-order valence-corrected chi connectivity index (χ3v) is 3.33. The molecule has 1 fully saturated rings. The van der Waals surface area contributed by atoms with Crippen LogP contribution in [0.4, 0.5) is 5.69 Å². The summed E-state index contributed by atoms with van der Waals surface area (Å²) in [5.74, 6) is 0. The number of likely N-dealkylation sites (N-methyl/N-ethyl adjacent to an activating group) is 1. The molecule has 1 aliphatic rings. The maximum Gasteiger partial charge on any atom is 0.103 e. The molecule has 1 aromatic heterocycles. The van der Waals surface area contributed by atoms with E-state index in [-0.39, 0.29) is 6.10 Å². The fourth-order valence-electron chi connectivity index (χ4n) is 2.48. The predicted octanol–water partition coefficient (Wildman–Crippen LogP) is 0.995. The first kappa shape index (κ1) is 13.8. The van der Waals surface area contributed by atoms with E-state index in [1.165, 1.54) is 0 Å². The van der Waals surface area contributed by atoms with E-state index in [1.807, 2.05) is 27.0 Å². The molecule has 1 N–H and O–H groups in total. The molecule has 0 aliphatic carbocycles. The molecule has 102 valence electrons. The molecule has 0 spiro atoms. The van der Waals surface area contributed by atoms with E-state index in [9.17, 15) is 5.26 Å². The van der Waals surface area contributed by atoms with Gasteiger partial charge in [0.15, 0.2) is 0 Å². The minimum atomic E-state index is 0.166. The Morgan fingerprint density at radius 2 is 2.37 bits per heavy atom. The highest BCUT2D eigenvalue weighted by Gasteiger charge is 2.23. The van der Waals surface area contributed by atoms with Crippen molar-refractivity contribution in [3.05, 3.63) is 23.0 Å². The van der Waals surface area contributed by atoms with Crippen LogP contribution in [0.3, 0.4) is 0 Å². The summed E-state index contributed by atoms with van der Waals surface area (Å²) in [6.07, 6.45) is 0.166. The van der Waals surface area contributed by atoms with Crippen molar-refractivity contribution in [3.63, 3.8) is 0 Å². The molecule has 1 aromatic rings. The fraction of sp³-hybridized carbons (Fsp3) is 0.571. The van der Waals surface area contributed by atoms with E-state index < -0.39 is 0 Å². The number of aromatic nitrogens is 1. The molecule has 1 saturated heterocycles. The van der Waals surface area contributed by atoms with E-state index in [4.69, 9.17) is 4.74 Å². The number of aryl methyl sites for hydroxylation is 2. The summed E-state index contributed by atoms with van der Waals surface area (Å²) in [6, 6.07) is 4.27. The highest BCUT2D eigenvalue weighted by Crippen LogP contribution is 2.25. The number of pyridine rings is 1. The number of morpholine rings is 1. The highest BCUT2D eigenvalue weighted by atomic mass is 16.5. The van der Waals surface area contributed by atoms with Gasteiger partial charge >= 0.3 is 0 Å². The lowest BCUT2D eigenvalue weighted by molar-refractivity contribution is 0.0421. The van der Waals surface area contributed by atoms with Gasteiger partial charge in [0.25, 0.3) is 0 Å². The quantitative estimate of drug-likeness (QED) is 0.878. The zero-order chi connectivity index (χ0) is 13.8. The van der Waals surface area contributed by atoms with Crippen LogP contribution in [0.1, 0.15) is 17.0 Å². The summed E-state index contributed by atoms with van der Waals surface area (Å²) in [6.45, 7) is 6.99. The van der Waals surface area contributed by atoms with Gasteiger partial charge in [0, 0.05) is 25.3 Å². The lowest BCUT2D eigenvalue weighted by atomic mass is 10.1. The molecule has 2 heterocycles. The molecule has 1 aliphatic heterocycles. The van der Waals surface area contributed by atoms with Crippen molar-refractivity contribution in [1.82, 2.24) is 10.3 Å². The largest absolute Gasteiger partial charge is 0.373 e. The fourth-order valence-corrected chi connectivity index (χ4v) is 2.48. The van der Waals surface area contributed by atoms with Crippen LogP contribution in [0, 0.1) is 25.2 Å². The summed E-state index contributed by atoms with van der Waals surface area (Å²) in [5.41, 5.74) is 3.41. The second-order valence-corrected chi connectivity index (χ2v) is 4.85. The van der Waals surface area contributed by atoms with Crippen molar-refractivity contribution in [3.8, 4) is 6.07 Å². The SMILES string of the molecule is CNCC1CN(c2cc(C)nc(C)c2C#N)CCO1. The average Bonchev–Trinajstić information content (AvgIpc) is 2.38. The summed E-state index contributed by atoms with van der Waals surface area (Å²) >= 11 is 0. The Hall–Kier alpha value is -1.64. The number of nitrogens with one attached hydrogen (secondary N) is 1. The normalized spacial score (nSPS) is 19.3. The maximum absolute atomic E-state index is 9.33. The first-order valence-electron chi connectivity index (χ1n) is 6.55. The molecule has 0 radical (unpaired) electrons. The molecule has 0 bridgehead atoms. The van der Waals surface area contributed by atoms with Crippen LogP contribution in [0.25, 0.3) is 0 Å².